The van der Waals surface area contributed by atoms with Crippen molar-refractivity contribution in [2.75, 3.05) is 18.4 Å². The van der Waals surface area contributed by atoms with Crippen molar-refractivity contribution in [1.29, 1.82) is 0 Å². The second-order valence-corrected chi connectivity index (χ2v) is 9.08. The summed E-state index contributed by atoms with van der Waals surface area (Å²) in [5.74, 6) is -0.954. The van der Waals surface area contributed by atoms with Crippen molar-refractivity contribution < 1.29 is 14.4 Å². The van der Waals surface area contributed by atoms with Gasteiger partial charge in [-0.3, -0.25) is 14.4 Å². The van der Waals surface area contributed by atoms with Gasteiger partial charge in [0.15, 0.2) is 0 Å². The van der Waals surface area contributed by atoms with Gasteiger partial charge < -0.3 is 21.3 Å². The van der Waals surface area contributed by atoms with Gasteiger partial charge in [0.2, 0.25) is 17.7 Å². The molecule has 0 aliphatic carbocycles. The molecule has 4 N–H and O–H groups in total. The number of carbonyl (C=O) groups excluding carboxylic acids is 3. The summed E-state index contributed by atoms with van der Waals surface area (Å²) in [6, 6.07) is 26.2. The Labute approximate surface area is 219 Å². The number of anilines is 1. The molecule has 194 valence electrons. The minimum atomic E-state index is -0.764. The van der Waals surface area contributed by atoms with Crippen LogP contribution in [0.25, 0.3) is 0 Å². The van der Waals surface area contributed by atoms with Crippen molar-refractivity contribution in [2.24, 2.45) is 5.73 Å². The van der Waals surface area contributed by atoms with Crippen LogP contribution in [0, 0.1) is 0 Å². The first-order valence-corrected chi connectivity index (χ1v) is 12.7. The van der Waals surface area contributed by atoms with Crippen LogP contribution in [-0.2, 0) is 20.9 Å². The zero-order valence-corrected chi connectivity index (χ0v) is 21.5. The number of hydrogen-bond donors (Lipinski definition) is 3. The molecule has 1 unspecified atom stereocenters. The van der Waals surface area contributed by atoms with Crippen LogP contribution in [0.4, 0.5) is 5.69 Å². The Morgan fingerprint density at radius 3 is 2.05 bits per heavy atom. The van der Waals surface area contributed by atoms with Crippen LogP contribution >= 0.6 is 0 Å². The Morgan fingerprint density at radius 2 is 1.49 bits per heavy atom. The van der Waals surface area contributed by atoms with E-state index in [9.17, 15) is 14.4 Å². The molecule has 0 aromatic heterocycles. The topological polar surface area (TPSA) is 105 Å². The van der Waals surface area contributed by atoms with Gasteiger partial charge in [-0.1, -0.05) is 79.7 Å². The molecule has 0 heterocycles. The highest BCUT2D eigenvalue weighted by molar-refractivity contribution is 5.96. The second kappa shape index (κ2) is 13.9. The van der Waals surface area contributed by atoms with Crippen molar-refractivity contribution in [3.8, 4) is 0 Å². The van der Waals surface area contributed by atoms with Crippen molar-refractivity contribution in [3.63, 3.8) is 0 Å². The van der Waals surface area contributed by atoms with E-state index in [2.05, 4.69) is 10.6 Å². The van der Waals surface area contributed by atoms with Crippen LogP contribution in [0.15, 0.2) is 84.9 Å². The van der Waals surface area contributed by atoms with Gasteiger partial charge in [0.1, 0.15) is 6.04 Å². The van der Waals surface area contributed by atoms with Crippen molar-refractivity contribution in [3.05, 3.63) is 102 Å². The molecular weight excluding hydrogens is 464 g/mol. The predicted molar refractivity (Wildman–Crippen MR) is 147 cm³/mol. The lowest BCUT2D eigenvalue weighted by molar-refractivity contribution is -0.138. The number of amides is 3. The fraction of sp³-hybridized carbons (Fsp3) is 0.300. The zero-order chi connectivity index (χ0) is 26.6. The Morgan fingerprint density at radius 1 is 0.865 bits per heavy atom. The van der Waals surface area contributed by atoms with Gasteiger partial charge in [0.25, 0.3) is 0 Å². The molecule has 3 amide bonds. The molecule has 37 heavy (non-hydrogen) atoms. The summed E-state index contributed by atoms with van der Waals surface area (Å²) in [6.45, 7) is 4.28. The smallest absolute Gasteiger partial charge is 0.245 e. The van der Waals surface area contributed by atoms with Crippen LogP contribution in [0.5, 0.6) is 0 Å². The average Bonchev–Trinajstić information content (AvgIpc) is 2.92. The SMILES string of the molecule is CCCN(CC(=O)Nc1cccc(CN)c1)C(=O)C(C)NC(=O)CC(c1ccccc1)c1ccccc1. The fourth-order valence-corrected chi connectivity index (χ4v) is 4.31. The quantitative estimate of drug-likeness (QED) is 0.349. The third-order valence-electron chi connectivity index (χ3n) is 6.13. The molecule has 7 heteroatoms. The van der Waals surface area contributed by atoms with E-state index in [-0.39, 0.29) is 36.6 Å². The van der Waals surface area contributed by atoms with E-state index in [0.29, 0.717) is 25.2 Å². The van der Waals surface area contributed by atoms with Gasteiger partial charge in [-0.2, -0.15) is 0 Å². The molecule has 0 fully saturated rings. The van der Waals surface area contributed by atoms with Crippen molar-refractivity contribution >= 4 is 23.4 Å². The highest BCUT2D eigenvalue weighted by Crippen LogP contribution is 2.27. The number of nitrogens with one attached hydrogen (secondary N) is 2. The molecule has 0 bridgehead atoms. The Balaban J connectivity index is 1.63. The maximum absolute atomic E-state index is 13.2. The molecule has 3 rings (SSSR count). The molecule has 0 radical (unpaired) electrons. The molecule has 3 aromatic rings. The van der Waals surface area contributed by atoms with Crippen LogP contribution in [0.2, 0.25) is 0 Å². The van der Waals surface area contributed by atoms with Gasteiger partial charge in [-0.15, -0.1) is 0 Å². The van der Waals surface area contributed by atoms with Crippen molar-refractivity contribution in [1.82, 2.24) is 10.2 Å². The van der Waals surface area contributed by atoms with E-state index in [4.69, 9.17) is 5.73 Å². The normalized spacial score (nSPS) is 11.6. The third kappa shape index (κ3) is 8.29. The lowest BCUT2D eigenvalue weighted by Crippen LogP contribution is -2.49. The van der Waals surface area contributed by atoms with Gasteiger partial charge in [0.05, 0.1) is 6.54 Å². The summed E-state index contributed by atoms with van der Waals surface area (Å²) in [5.41, 5.74) is 9.28. The summed E-state index contributed by atoms with van der Waals surface area (Å²) >= 11 is 0. The average molecular weight is 501 g/mol. The van der Waals surface area contributed by atoms with Crippen LogP contribution in [0.1, 0.15) is 49.3 Å². The summed E-state index contributed by atoms with van der Waals surface area (Å²) in [5, 5.41) is 5.68. The van der Waals surface area contributed by atoms with Crippen molar-refractivity contribution in [2.45, 2.75) is 45.2 Å². The number of carbonyl (C=O) groups is 3. The highest BCUT2D eigenvalue weighted by Gasteiger charge is 2.25. The maximum atomic E-state index is 13.2. The number of hydrogen-bond acceptors (Lipinski definition) is 4. The lowest BCUT2D eigenvalue weighted by atomic mass is 9.88. The molecular formula is C30H36N4O3. The highest BCUT2D eigenvalue weighted by atomic mass is 16.2. The second-order valence-electron chi connectivity index (χ2n) is 9.08. The van der Waals surface area contributed by atoms with E-state index in [1.165, 1.54) is 4.90 Å². The van der Waals surface area contributed by atoms with E-state index in [0.717, 1.165) is 16.7 Å². The number of benzene rings is 3. The largest absolute Gasteiger partial charge is 0.345 e. The first-order chi connectivity index (χ1) is 17.9. The molecule has 0 spiro atoms. The number of nitrogens with zero attached hydrogens (tertiary/aromatic N) is 1. The minimum Gasteiger partial charge on any atom is -0.345 e. The minimum absolute atomic E-state index is 0.101. The molecule has 0 aliphatic rings. The zero-order valence-electron chi connectivity index (χ0n) is 21.5. The van der Waals surface area contributed by atoms with Gasteiger partial charge >= 0.3 is 0 Å². The molecule has 3 aromatic carbocycles. The molecule has 1 atom stereocenters. The van der Waals surface area contributed by atoms with E-state index in [1.807, 2.05) is 85.8 Å². The molecule has 0 saturated heterocycles. The third-order valence-corrected chi connectivity index (χ3v) is 6.13. The molecule has 0 saturated carbocycles. The van der Waals surface area contributed by atoms with E-state index < -0.39 is 6.04 Å². The Kier molecular flexibility index (Phi) is 10.4. The Hall–Kier alpha value is -3.97. The fourth-order valence-electron chi connectivity index (χ4n) is 4.31. The summed E-state index contributed by atoms with van der Waals surface area (Å²) in [6.07, 6.45) is 0.893. The first kappa shape index (κ1) is 27.6. The lowest BCUT2D eigenvalue weighted by Gasteiger charge is -2.26. The summed E-state index contributed by atoms with van der Waals surface area (Å²) < 4.78 is 0. The Bertz CT molecular complexity index is 1130. The van der Waals surface area contributed by atoms with Gasteiger partial charge in [-0.25, -0.2) is 0 Å². The molecule has 0 aliphatic heterocycles. The van der Waals surface area contributed by atoms with E-state index in [1.54, 1.807) is 13.0 Å². The monoisotopic (exact) mass is 500 g/mol. The molecule has 7 nitrogen and oxygen atoms in total. The first-order valence-electron chi connectivity index (χ1n) is 12.7. The van der Waals surface area contributed by atoms with Gasteiger partial charge in [-0.05, 0) is 42.2 Å². The maximum Gasteiger partial charge on any atom is 0.245 e. The number of rotatable bonds is 12. The number of nitrogens with two attached hydrogens (primary N) is 1. The standard InChI is InChI=1S/C30H36N4O3/c1-3-17-34(21-29(36)33-26-16-10-11-23(18-26)20-31)30(37)22(2)32-28(35)19-27(24-12-6-4-7-13-24)25-14-8-5-9-15-25/h4-16,18,22,27H,3,17,19-21,31H2,1-2H3,(H,32,35)(H,33,36). The summed E-state index contributed by atoms with van der Waals surface area (Å²) in [7, 11) is 0. The summed E-state index contributed by atoms with van der Waals surface area (Å²) in [4.78, 5) is 40.4. The van der Waals surface area contributed by atoms with Crippen LogP contribution in [-0.4, -0.2) is 41.8 Å². The van der Waals surface area contributed by atoms with Crippen LogP contribution < -0.4 is 16.4 Å². The van der Waals surface area contributed by atoms with Crippen LogP contribution in [0.3, 0.4) is 0 Å². The van der Waals surface area contributed by atoms with E-state index >= 15 is 0 Å². The predicted octanol–water partition coefficient (Wildman–Crippen LogP) is 4.05. The van der Waals surface area contributed by atoms with Gasteiger partial charge in [0, 0.05) is 31.1 Å².